The molecule has 1 heterocycles. The lowest BCUT2D eigenvalue weighted by atomic mass is 9.94. The second kappa shape index (κ2) is 3.38. The fraction of sp³-hybridized carbons (Fsp3) is 0.273. The summed E-state index contributed by atoms with van der Waals surface area (Å²) >= 11 is 0. The van der Waals surface area contributed by atoms with Crippen LogP contribution in [0.2, 0.25) is 0 Å². The van der Waals surface area contributed by atoms with Gasteiger partial charge in [-0.2, -0.15) is 5.10 Å². The van der Waals surface area contributed by atoms with Crippen LogP contribution in [0.3, 0.4) is 0 Å². The van der Waals surface area contributed by atoms with E-state index >= 15 is 0 Å². The van der Waals surface area contributed by atoms with Gasteiger partial charge in [0.15, 0.2) is 0 Å². The van der Waals surface area contributed by atoms with Crippen molar-refractivity contribution in [2.45, 2.75) is 19.4 Å². The number of benzene rings is 1. The van der Waals surface area contributed by atoms with Crippen LogP contribution >= 0.6 is 0 Å². The highest BCUT2D eigenvalue weighted by Crippen LogP contribution is 2.22. The van der Waals surface area contributed by atoms with Crippen LogP contribution in [0, 0.1) is 0 Å². The number of rotatable bonds is 2. The minimum atomic E-state index is -0.384. The van der Waals surface area contributed by atoms with Crippen molar-refractivity contribution in [3.05, 3.63) is 52.7 Å². The summed E-state index contributed by atoms with van der Waals surface area (Å²) in [6, 6.07) is 9.88. The number of hydrogen-bond donors (Lipinski definition) is 1. The van der Waals surface area contributed by atoms with Crippen LogP contribution in [0.5, 0.6) is 0 Å². The minimum absolute atomic E-state index is 0.191. The van der Waals surface area contributed by atoms with Crippen LogP contribution in [0.1, 0.15) is 19.4 Å². The Morgan fingerprint density at radius 1 is 1.27 bits per heavy atom. The van der Waals surface area contributed by atoms with Gasteiger partial charge in [0, 0.05) is 0 Å². The maximum atomic E-state index is 11.5. The van der Waals surface area contributed by atoms with Gasteiger partial charge in [0.2, 0.25) is 0 Å². The van der Waals surface area contributed by atoms with Crippen molar-refractivity contribution in [2.75, 3.05) is 0 Å². The highest BCUT2D eigenvalue weighted by atomic mass is 16.1. The topological polar surface area (TPSA) is 50.7 Å². The van der Waals surface area contributed by atoms with Gasteiger partial charge < -0.3 is 0 Å². The SMILES string of the molecule is CC(C)(c1ccccc1)n1cn[nH]c1=O. The van der Waals surface area contributed by atoms with Gasteiger partial charge >= 0.3 is 5.69 Å². The van der Waals surface area contributed by atoms with E-state index in [1.807, 2.05) is 44.2 Å². The molecule has 78 valence electrons. The third kappa shape index (κ3) is 1.58. The molecule has 0 bridgehead atoms. The van der Waals surface area contributed by atoms with Gasteiger partial charge in [-0.05, 0) is 19.4 Å². The molecule has 1 aromatic carbocycles. The second-order valence-corrected chi connectivity index (χ2v) is 3.96. The molecule has 15 heavy (non-hydrogen) atoms. The number of hydrogen-bond acceptors (Lipinski definition) is 2. The predicted octanol–water partition coefficient (Wildman–Crippen LogP) is 1.35. The second-order valence-electron chi connectivity index (χ2n) is 3.96. The van der Waals surface area contributed by atoms with Crippen LogP contribution in [0.4, 0.5) is 0 Å². The molecule has 0 saturated carbocycles. The van der Waals surface area contributed by atoms with E-state index in [1.54, 1.807) is 4.57 Å². The summed E-state index contributed by atoms with van der Waals surface area (Å²) in [4.78, 5) is 11.5. The molecule has 1 aromatic heterocycles. The molecule has 0 spiro atoms. The number of aromatic nitrogens is 3. The minimum Gasteiger partial charge on any atom is -0.272 e. The summed E-state index contributed by atoms with van der Waals surface area (Å²) in [5.74, 6) is 0. The number of aromatic amines is 1. The lowest BCUT2D eigenvalue weighted by molar-refractivity contribution is 0.422. The van der Waals surface area contributed by atoms with E-state index in [1.165, 1.54) is 6.33 Å². The number of nitrogens with one attached hydrogen (secondary N) is 1. The fourth-order valence-corrected chi connectivity index (χ4v) is 1.63. The first-order valence-electron chi connectivity index (χ1n) is 4.80. The van der Waals surface area contributed by atoms with Gasteiger partial charge in [-0.25, -0.2) is 9.89 Å². The Morgan fingerprint density at radius 3 is 2.47 bits per heavy atom. The summed E-state index contributed by atoms with van der Waals surface area (Å²) in [6.45, 7) is 3.97. The molecule has 0 fully saturated rings. The summed E-state index contributed by atoms with van der Waals surface area (Å²) in [5.41, 5.74) is 0.503. The van der Waals surface area contributed by atoms with Crippen molar-refractivity contribution >= 4 is 0 Å². The van der Waals surface area contributed by atoms with Crippen molar-refractivity contribution in [1.82, 2.24) is 14.8 Å². The summed E-state index contributed by atoms with van der Waals surface area (Å²) in [7, 11) is 0. The molecule has 2 rings (SSSR count). The van der Waals surface area contributed by atoms with Crippen LogP contribution in [-0.2, 0) is 5.54 Å². The third-order valence-electron chi connectivity index (χ3n) is 2.63. The van der Waals surface area contributed by atoms with Gasteiger partial charge in [0.1, 0.15) is 6.33 Å². The first kappa shape index (κ1) is 9.71. The lowest BCUT2D eigenvalue weighted by Gasteiger charge is -2.25. The van der Waals surface area contributed by atoms with E-state index in [4.69, 9.17) is 0 Å². The van der Waals surface area contributed by atoms with Crippen molar-refractivity contribution in [1.29, 1.82) is 0 Å². The molecule has 0 atom stereocenters. The molecular weight excluding hydrogens is 190 g/mol. The van der Waals surface area contributed by atoms with Gasteiger partial charge in [-0.15, -0.1) is 0 Å². The number of nitrogens with zero attached hydrogens (tertiary/aromatic N) is 2. The first-order chi connectivity index (χ1) is 7.12. The Labute approximate surface area is 87.6 Å². The van der Waals surface area contributed by atoms with Crippen LogP contribution in [-0.4, -0.2) is 14.8 Å². The molecule has 4 nitrogen and oxygen atoms in total. The van der Waals surface area contributed by atoms with E-state index in [0.717, 1.165) is 5.56 Å². The van der Waals surface area contributed by atoms with E-state index in [2.05, 4.69) is 10.2 Å². The Bertz CT molecular complexity index is 496. The molecular formula is C11H13N3O. The molecule has 0 aliphatic rings. The zero-order chi connectivity index (χ0) is 10.9. The van der Waals surface area contributed by atoms with Crippen molar-refractivity contribution in [3.63, 3.8) is 0 Å². The average Bonchev–Trinajstić information content (AvgIpc) is 2.66. The summed E-state index contributed by atoms with van der Waals surface area (Å²) in [6.07, 6.45) is 1.52. The summed E-state index contributed by atoms with van der Waals surface area (Å²) < 4.78 is 1.59. The maximum absolute atomic E-state index is 11.5. The van der Waals surface area contributed by atoms with E-state index in [0.29, 0.717) is 0 Å². The average molecular weight is 203 g/mol. The molecule has 0 radical (unpaired) electrons. The van der Waals surface area contributed by atoms with Gasteiger partial charge in [0.05, 0.1) is 5.54 Å². The highest BCUT2D eigenvalue weighted by molar-refractivity contribution is 5.23. The zero-order valence-corrected chi connectivity index (χ0v) is 8.77. The van der Waals surface area contributed by atoms with Crippen molar-refractivity contribution < 1.29 is 0 Å². The molecule has 0 aliphatic heterocycles. The van der Waals surface area contributed by atoms with Gasteiger partial charge in [-0.3, -0.25) is 4.57 Å². The largest absolute Gasteiger partial charge is 0.343 e. The van der Waals surface area contributed by atoms with E-state index in [9.17, 15) is 4.79 Å². The van der Waals surface area contributed by atoms with Gasteiger partial charge in [-0.1, -0.05) is 30.3 Å². The zero-order valence-electron chi connectivity index (χ0n) is 8.77. The molecule has 0 aliphatic carbocycles. The quantitative estimate of drug-likeness (QED) is 0.801. The van der Waals surface area contributed by atoms with Gasteiger partial charge in [0.25, 0.3) is 0 Å². The maximum Gasteiger partial charge on any atom is 0.343 e. The highest BCUT2D eigenvalue weighted by Gasteiger charge is 2.24. The Balaban J connectivity index is 2.53. The standard InChI is InChI=1S/C11H13N3O/c1-11(2,9-6-4-3-5-7-9)14-8-12-13-10(14)15/h3-8H,1-2H3,(H,13,15). The normalized spacial score (nSPS) is 11.6. The molecule has 0 saturated heterocycles. The predicted molar refractivity (Wildman–Crippen MR) is 57.7 cm³/mol. The smallest absolute Gasteiger partial charge is 0.272 e. The monoisotopic (exact) mass is 203 g/mol. The van der Waals surface area contributed by atoms with E-state index in [-0.39, 0.29) is 11.2 Å². The van der Waals surface area contributed by atoms with Crippen molar-refractivity contribution in [3.8, 4) is 0 Å². The molecule has 0 unspecified atom stereocenters. The van der Waals surface area contributed by atoms with Crippen LogP contribution in [0.15, 0.2) is 41.5 Å². The summed E-state index contributed by atoms with van der Waals surface area (Å²) in [5, 5.41) is 6.14. The fourth-order valence-electron chi connectivity index (χ4n) is 1.63. The molecule has 0 amide bonds. The first-order valence-corrected chi connectivity index (χ1v) is 4.80. The lowest BCUT2D eigenvalue weighted by Crippen LogP contribution is -2.35. The van der Waals surface area contributed by atoms with Crippen LogP contribution in [0.25, 0.3) is 0 Å². The Kier molecular flexibility index (Phi) is 2.19. The Hall–Kier alpha value is -1.84. The molecule has 4 heteroatoms. The molecule has 1 N–H and O–H groups in total. The van der Waals surface area contributed by atoms with Crippen molar-refractivity contribution in [2.24, 2.45) is 0 Å². The molecule has 2 aromatic rings. The Morgan fingerprint density at radius 2 is 1.93 bits per heavy atom. The number of H-pyrrole nitrogens is 1. The van der Waals surface area contributed by atoms with E-state index < -0.39 is 0 Å². The third-order valence-corrected chi connectivity index (χ3v) is 2.63. The van der Waals surface area contributed by atoms with Crippen LogP contribution < -0.4 is 5.69 Å².